The summed E-state index contributed by atoms with van der Waals surface area (Å²) in [5.74, 6) is 0.704. The van der Waals surface area contributed by atoms with Crippen molar-refractivity contribution in [1.29, 1.82) is 0 Å². The molecule has 98 valence electrons. The molecular weight excluding hydrogens is 246 g/mol. The number of amides is 1. The van der Waals surface area contributed by atoms with E-state index in [1.54, 1.807) is 32.4 Å². The van der Waals surface area contributed by atoms with Crippen LogP contribution < -0.4 is 15.2 Å². The molecule has 1 aromatic heterocycles. The van der Waals surface area contributed by atoms with Gasteiger partial charge in [0, 0.05) is 5.56 Å². The van der Waals surface area contributed by atoms with Gasteiger partial charge in [-0.2, -0.15) is 0 Å². The van der Waals surface area contributed by atoms with Crippen LogP contribution >= 0.6 is 0 Å². The lowest BCUT2D eigenvalue weighted by molar-refractivity contribution is 0.0995. The Balaban J connectivity index is 2.47. The molecule has 0 spiro atoms. The van der Waals surface area contributed by atoms with Crippen LogP contribution in [-0.2, 0) is 0 Å². The summed E-state index contributed by atoms with van der Waals surface area (Å²) >= 11 is 0. The molecule has 0 atom stereocenters. The highest BCUT2D eigenvalue weighted by Crippen LogP contribution is 2.31. The van der Waals surface area contributed by atoms with E-state index >= 15 is 0 Å². The van der Waals surface area contributed by atoms with Crippen LogP contribution in [-0.4, -0.2) is 30.1 Å². The summed E-state index contributed by atoms with van der Waals surface area (Å²) in [6.07, 6.45) is 2.80. The van der Waals surface area contributed by atoms with E-state index in [1.165, 1.54) is 12.4 Å². The highest BCUT2D eigenvalue weighted by molar-refractivity contribution is 5.90. The Morgan fingerprint density at radius 1 is 1.16 bits per heavy atom. The molecule has 1 amide bonds. The summed E-state index contributed by atoms with van der Waals surface area (Å²) in [6.45, 7) is 0. The summed E-state index contributed by atoms with van der Waals surface area (Å²) in [6, 6.07) is 5.35. The van der Waals surface area contributed by atoms with E-state index in [2.05, 4.69) is 9.97 Å². The third kappa shape index (κ3) is 2.62. The molecule has 2 rings (SSSR count). The maximum atomic E-state index is 10.9. The van der Waals surface area contributed by atoms with Crippen molar-refractivity contribution < 1.29 is 14.3 Å². The number of aromatic nitrogens is 2. The number of nitrogens with zero attached hydrogens (tertiary/aromatic N) is 2. The van der Waals surface area contributed by atoms with Gasteiger partial charge in [0.25, 0.3) is 5.91 Å². The van der Waals surface area contributed by atoms with Crippen molar-refractivity contribution in [1.82, 2.24) is 9.97 Å². The van der Waals surface area contributed by atoms with Crippen molar-refractivity contribution in [2.24, 2.45) is 5.73 Å². The van der Waals surface area contributed by atoms with Crippen molar-refractivity contribution >= 4 is 5.91 Å². The van der Waals surface area contributed by atoms with Gasteiger partial charge in [-0.05, 0) is 18.2 Å². The normalized spacial score (nSPS) is 10.0. The van der Waals surface area contributed by atoms with Gasteiger partial charge in [0.05, 0.1) is 32.3 Å². The number of methoxy groups -OCH3 is 2. The van der Waals surface area contributed by atoms with Gasteiger partial charge in [-0.25, -0.2) is 4.98 Å². The topological polar surface area (TPSA) is 87.3 Å². The molecule has 1 heterocycles. The summed E-state index contributed by atoms with van der Waals surface area (Å²) in [5, 5.41) is 0. The number of benzene rings is 1. The van der Waals surface area contributed by atoms with Crippen molar-refractivity contribution in [3.8, 4) is 22.8 Å². The Bertz CT molecular complexity index is 597. The smallest absolute Gasteiger partial charge is 0.268 e. The van der Waals surface area contributed by atoms with E-state index in [0.717, 1.165) is 5.56 Å². The van der Waals surface area contributed by atoms with E-state index in [9.17, 15) is 4.79 Å². The molecule has 0 saturated heterocycles. The van der Waals surface area contributed by atoms with Gasteiger partial charge >= 0.3 is 0 Å². The Hall–Kier alpha value is -2.63. The maximum absolute atomic E-state index is 10.9. The first-order valence-corrected chi connectivity index (χ1v) is 5.50. The molecule has 0 aliphatic rings. The minimum absolute atomic E-state index is 0.116. The van der Waals surface area contributed by atoms with Gasteiger partial charge in [-0.15, -0.1) is 0 Å². The van der Waals surface area contributed by atoms with E-state index in [1.807, 2.05) is 0 Å². The summed E-state index contributed by atoms with van der Waals surface area (Å²) in [4.78, 5) is 19.1. The average Bonchev–Trinajstić information content (AvgIpc) is 2.46. The van der Waals surface area contributed by atoms with Crippen LogP contribution in [0.5, 0.6) is 11.5 Å². The number of carbonyl (C=O) groups excluding carboxylic acids is 1. The maximum Gasteiger partial charge on any atom is 0.268 e. The first-order valence-electron chi connectivity index (χ1n) is 5.50. The summed E-state index contributed by atoms with van der Waals surface area (Å²) in [5.41, 5.74) is 6.53. The average molecular weight is 259 g/mol. The van der Waals surface area contributed by atoms with Gasteiger partial charge < -0.3 is 15.2 Å². The van der Waals surface area contributed by atoms with Gasteiger partial charge in [-0.1, -0.05) is 0 Å². The Morgan fingerprint density at radius 2 is 1.95 bits per heavy atom. The molecule has 6 nitrogen and oxygen atoms in total. The lowest BCUT2D eigenvalue weighted by Gasteiger charge is -2.09. The van der Waals surface area contributed by atoms with Crippen LogP contribution in [0.4, 0.5) is 0 Å². The molecule has 2 N–H and O–H groups in total. The van der Waals surface area contributed by atoms with Crippen LogP contribution in [0.25, 0.3) is 11.3 Å². The fourth-order valence-electron chi connectivity index (χ4n) is 1.61. The minimum Gasteiger partial charge on any atom is -0.497 e. The largest absolute Gasteiger partial charge is 0.497 e. The SMILES string of the molecule is COc1ccc(OC)c(-c2cnc(C(N)=O)cn2)c1. The zero-order chi connectivity index (χ0) is 13.8. The number of hydrogen-bond donors (Lipinski definition) is 1. The van der Waals surface area contributed by atoms with Gasteiger partial charge in [0.15, 0.2) is 0 Å². The summed E-state index contributed by atoms with van der Waals surface area (Å²) in [7, 11) is 3.14. The fourth-order valence-corrected chi connectivity index (χ4v) is 1.61. The van der Waals surface area contributed by atoms with Crippen LogP contribution in [0.3, 0.4) is 0 Å². The second-order valence-electron chi connectivity index (χ2n) is 3.72. The molecule has 0 aliphatic carbocycles. The predicted octanol–water partition coefficient (Wildman–Crippen LogP) is 1.26. The molecule has 6 heteroatoms. The van der Waals surface area contributed by atoms with E-state index in [0.29, 0.717) is 17.2 Å². The zero-order valence-electron chi connectivity index (χ0n) is 10.6. The van der Waals surface area contributed by atoms with Gasteiger partial charge in [0.2, 0.25) is 0 Å². The lowest BCUT2D eigenvalue weighted by Crippen LogP contribution is -2.13. The number of rotatable bonds is 4. The molecule has 0 bridgehead atoms. The fraction of sp³-hybridized carbons (Fsp3) is 0.154. The van der Waals surface area contributed by atoms with Crippen molar-refractivity contribution in [2.45, 2.75) is 0 Å². The van der Waals surface area contributed by atoms with Gasteiger partial charge in [0.1, 0.15) is 17.2 Å². The Kier molecular flexibility index (Phi) is 3.61. The van der Waals surface area contributed by atoms with E-state index in [4.69, 9.17) is 15.2 Å². The number of primary amides is 1. The van der Waals surface area contributed by atoms with Crippen molar-refractivity contribution in [3.05, 3.63) is 36.3 Å². The van der Waals surface area contributed by atoms with Crippen LogP contribution in [0, 0.1) is 0 Å². The third-order valence-electron chi connectivity index (χ3n) is 2.59. The standard InChI is InChI=1S/C13H13N3O3/c1-18-8-3-4-12(19-2)9(5-8)10-6-16-11(7-15-10)13(14)17/h3-7H,1-2H3,(H2,14,17). The van der Waals surface area contributed by atoms with Crippen molar-refractivity contribution in [3.63, 3.8) is 0 Å². The van der Waals surface area contributed by atoms with Crippen molar-refractivity contribution in [2.75, 3.05) is 14.2 Å². The second-order valence-corrected chi connectivity index (χ2v) is 3.72. The molecular formula is C13H13N3O3. The third-order valence-corrected chi connectivity index (χ3v) is 2.59. The molecule has 0 unspecified atom stereocenters. The number of carbonyl (C=O) groups is 1. The van der Waals surface area contributed by atoms with Crippen LogP contribution in [0.15, 0.2) is 30.6 Å². The molecule has 0 aliphatic heterocycles. The second kappa shape index (κ2) is 5.34. The number of hydrogen-bond acceptors (Lipinski definition) is 5. The van der Waals surface area contributed by atoms with Crippen LogP contribution in [0.1, 0.15) is 10.5 Å². The highest BCUT2D eigenvalue weighted by atomic mass is 16.5. The van der Waals surface area contributed by atoms with Gasteiger partial charge in [-0.3, -0.25) is 9.78 Å². The van der Waals surface area contributed by atoms with Crippen LogP contribution in [0.2, 0.25) is 0 Å². The minimum atomic E-state index is -0.614. The quantitative estimate of drug-likeness (QED) is 0.893. The number of nitrogens with two attached hydrogens (primary N) is 1. The molecule has 2 aromatic rings. The molecule has 19 heavy (non-hydrogen) atoms. The predicted molar refractivity (Wildman–Crippen MR) is 69.1 cm³/mol. The lowest BCUT2D eigenvalue weighted by atomic mass is 10.1. The Morgan fingerprint density at radius 3 is 2.47 bits per heavy atom. The summed E-state index contributed by atoms with van der Waals surface area (Å²) < 4.78 is 10.4. The Labute approximate surface area is 110 Å². The highest BCUT2D eigenvalue weighted by Gasteiger charge is 2.10. The van der Waals surface area contributed by atoms with E-state index in [-0.39, 0.29) is 5.69 Å². The first kappa shape index (κ1) is 12.8. The number of ether oxygens (including phenoxy) is 2. The zero-order valence-corrected chi connectivity index (χ0v) is 10.6. The van der Waals surface area contributed by atoms with E-state index < -0.39 is 5.91 Å². The molecule has 0 saturated carbocycles. The monoisotopic (exact) mass is 259 g/mol. The molecule has 1 aromatic carbocycles. The molecule has 0 radical (unpaired) electrons. The molecule has 0 fully saturated rings. The first-order chi connectivity index (χ1) is 9.15.